The van der Waals surface area contributed by atoms with Crippen LogP contribution in [0.25, 0.3) is 0 Å². The topological polar surface area (TPSA) is 103 Å². The zero-order chi connectivity index (χ0) is 14.5. The van der Waals surface area contributed by atoms with Crippen LogP contribution < -0.4 is 11.1 Å². The van der Waals surface area contributed by atoms with Gasteiger partial charge in [0.15, 0.2) is 0 Å². The lowest BCUT2D eigenvalue weighted by Crippen LogP contribution is -2.10. The van der Waals surface area contributed by atoms with Gasteiger partial charge in [-0.3, -0.25) is 0 Å². The maximum atomic E-state index is 11.7. The number of carbonyl (C=O) groups is 1. The molecule has 0 amide bonds. The van der Waals surface area contributed by atoms with Crippen molar-refractivity contribution >= 4 is 17.5 Å². The average Bonchev–Trinajstić information content (AvgIpc) is 2.84. The van der Waals surface area contributed by atoms with E-state index < -0.39 is 5.97 Å². The van der Waals surface area contributed by atoms with E-state index in [0.717, 1.165) is 5.76 Å². The number of oxazole rings is 1. The largest absolute Gasteiger partial charge is 0.462 e. The van der Waals surface area contributed by atoms with Gasteiger partial charge in [0.25, 0.3) is 0 Å². The number of nitrogen functional groups attached to an aromatic ring is 1. The summed E-state index contributed by atoms with van der Waals surface area (Å²) in [6.45, 7) is 4.21. The van der Waals surface area contributed by atoms with E-state index in [9.17, 15) is 4.79 Å². The highest BCUT2D eigenvalue weighted by molar-refractivity contribution is 5.95. The van der Waals surface area contributed by atoms with Crippen LogP contribution in [-0.2, 0) is 11.3 Å². The molecule has 3 N–H and O–H groups in total. The second-order valence-electron chi connectivity index (χ2n) is 4.10. The van der Waals surface area contributed by atoms with Crippen LogP contribution >= 0.6 is 0 Å². The average molecular weight is 276 g/mol. The molecule has 106 valence electrons. The number of aryl methyl sites for hydroxylation is 1. The van der Waals surface area contributed by atoms with E-state index in [4.69, 9.17) is 14.9 Å². The van der Waals surface area contributed by atoms with Gasteiger partial charge in [-0.2, -0.15) is 0 Å². The second-order valence-corrected chi connectivity index (χ2v) is 4.10. The molecule has 0 fully saturated rings. The summed E-state index contributed by atoms with van der Waals surface area (Å²) in [4.78, 5) is 19.9. The van der Waals surface area contributed by atoms with Crippen molar-refractivity contribution in [1.82, 2.24) is 9.97 Å². The molecular weight excluding hydrogens is 260 g/mol. The highest BCUT2D eigenvalue weighted by Gasteiger charge is 2.12. The van der Waals surface area contributed by atoms with Crippen molar-refractivity contribution in [2.24, 2.45) is 0 Å². The van der Waals surface area contributed by atoms with E-state index in [1.165, 1.54) is 6.20 Å². The second kappa shape index (κ2) is 6.05. The number of pyridine rings is 1. The van der Waals surface area contributed by atoms with Crippen molar-refractivity contribution in [2.45, 2.75) is 20.4 Å². The number of carbonyl (C=O) groups excluding carboxylic acids is 1. The fraction of sp³-hybridized carbons (Fsp3) is 0.308. The summed E-state index contributed by atoms with van der Waals surface area (Å²) < 4.78 is 10.3. The standard InChI is InChI=1S/C13H16N4O3/c1-3-19-13(18)9-4-11(15-6-10(9)14)16-7-12-17-5-8(2)20-12/h4-6H,3,7,14H2,1-2H3,(H,15,16). The Morgan fingerprint density at radius 3 is 2.90 bits per heavy atom. The molecule has 7 heteroatoms. The van der Waals surface area contributed by atoms with Crippen LogP contribution in [0.2, 0.25) is 0 Å². The van der Waals surface area contributed by atoms with Gasteiger partial charge in [-0.1, -0.05) is 0 Å². The zero-order valence-electron chi connectivity index (χ0n) is 11.3. The van der Waals surface area contributed by atoms with E-state index >= 15 is 0 Å². The SMILES string of the molecule is CCOC(=O)c1cc(NCc2ncc(C)o2)ncc1N. The molecule has 0 unspecified atom stereocenters. The molecule has 0 atom stereocenters. The van der Waals surface area contributed by atoms with Crippen LogP contribution in [0.15, 0.2) is 22.9 Å². The molecule has 2 rings (SSSR count). The van der Waals surface area contributed by atoms with E-state index in [1.807, 2.05) is 6.92 Å². The van der Waals surface area contributed by atoms with Crippen LogP contribution in [0.1, 0.15) is 28.9 Å². The van der Waals surface area contributed by atoms with E-state index in [0.29, 0.717) is 24.9 Å². The molecule has 0 aliphatic carbocycles. The minimum Gasteiger partial charge on any atom is -0.462 e. The van der Waals surface area contributed by atoms with Gasteiger partial charge in [0.05, 0.1) is 36.8 Å². The third kappa shape index (κ3) is 3.25. The summed E-state index contributed by atoms with van der Waals surface area (Å²) in [5, 5.41) is 3.01. The van der Waals surface area contributed by atoms with Crippen LogP contribution in [-0.4, -0.2) is 22.5 Å². The first kappa shape index (κ1) is 13.9. The van der Waals surface area contributed by atoms with Gasteiger partial charge in [-0.25, -0.2) is 14.8 Å². The summed E-state index contributed by atoms with van der Waals surface area (Å²) in [5.74, 6) is 1.30. The molecule has 20 heavy (non-hydrogen) atoms. The predicted octanol–water partition coefficient (Wildman–Crippen LogP) is 1.75. The minimum atomic E-state index is -0.470. The quantitative estimate of drug-likeness (QED) is 0.802. The molecule has 0 aliphatic rings. The van der Waals surface area contributed by atoms with Crippen molar-refractivity contribution in [3.63, 3.8) is 0 Å². The van der Waals surface area contributed by atoms with Gasteiger partial charge in [0, 0.05) is 0 Å². The lowest BCUT2D eigenvalue weighted by molar-refractivity contribution is 0.0527. The molecule has 0 radical (unpaired) electrons. The third-order valence-corrected chi connectivity index (χ3v) is 2.52. The summed E-state index contributed by atoms with van der Waals surface area (Å²) in [7, 11) is 0. The molecule has 0 spiro atoms. The smallest absolute Gasteiger partial charge is 0.340 e. The number of hydrogen-bond donors (Lipinski definition) is 2. The lowest BCUT2D eigenvalue weighted by Gasteiger charge is -2.08. The molecule has 0 aromatic carbocycles. The molecule has 2 aromatic heterocycles. The van der Waals surface area contributed by atoms with Crippen molar-refractivity contribution in [2.75, 3.05) is 17.7 Å². The van der Waals surface area contributed by atoms with Gasteiger partial charge in [0.2, 0.25) is 5.89 Å². The van der Waals surface area contributed by atoms with Crippen molar-refractivity contribution < 1.29 is 13.9 Å². The zero-order valence-corrected chi connectivity index (χ0v) is 11.3. The maximum Gasteiger partial charge on any atom is 0.340 e. The number of nitrogens with zero attached hydrogens (tertiary/aromatic N) is 2. The number of rotatable bonds is 5. The molecule has 0 aliphatic heterocycles. The fourth-order valence-corrected chi connectivity index (χ4v) is 1.60. The van der Waals surface area contributed by atoms with Crippen LogP contribution in [0.5, 0.6) is 0 Å². The number of nitrogens with one attached hydrogen (secondary N) is 1. The monoisotopic (exact) mass is 276 g/mol. The summed E-state index contributed by atoms with van der Waals surface area (Å²) in [5.41, 5.74) is 6.27. The number of nitrogens with two attached hydrogens (primary N) is 1. The highest BCUT2D eigenvalue weighted by atomic mass is 16.5. The summed E-state index contributed by atoms with van der Waals surface area (Å²) in [6, 6.07) is 1.54. The first-order chi connectivity index (χ1) is 9.60. The number of anilines is 2. The molecule has 7 nitrogen and oxygen atoms in total. The summed E-state index contributed by atoms with van der Waals surface area (Å²) in [6.07, 6.45) is 3.05. The van der Waals surface area contributed by atoms with Gasteiger partial charge in [-0.05, 0) is 19.9 Å². The molecule has 0 saturated carbocycles. The van der Waals surface area contributed by atoms with E-state index in [-0.39, 0.29) is 11.3 Å². The normalized spacial score (nSPS) is 10.3. The van der Waals surface area contributed by atoms with Gasteiger partial charge < -0.3 is 20.2 Å². The Bertz CT molecular complexity index is 609. The van der Waals surface area contributed by atoms with Gasteiger partial charge in [0.1, 0.15) is 11.6 Å². The molecule has 2 aromatic rings. The van der Waals surface area contributed by atoms with Crippen molar-refractivity contribution in [3.8, 4) is 0 Å². The molecule has 0 saturated heterocycles. The molecular formula is C13H16N4O3. The number of hydrogen-bond acceptors (Lipinski definition) is 7. The molecule has 2 heterocycles. The first-order valence-electron chi connectivity index (χ1n) is 6.18. The van der Waals surface area contributed by atoms with Crippen molar-refractivity contribution in [3.05, 3.63) is 35.7 Å². The Morgan fingerprint density at radius 2 is 2.25 bits per heavy atom. The third-order valence-electron chi connectivity index (χ3n) is 2.52. The Morgan fingerprint density at radius 1 is 1.45 bits per heavy atom. The summed E-state index contributed by atoms with van der Waals surface area (Å²) >= 11 is 0. The minimum absolute atomic E-state index is 0.279. The first-order valence-corrected chi connectivity index (χ1v) is 6.18. The predicted molar refractivity (Wildman–Crippen MR) is 73.2 cm³/mol. The van der Waals surface area contributed by atoms with E-state index in [1.54, 1.807) is 19.2 Å². The van der Waals surface area contributed by atoms with Gasteiger partial charge in [-0.15, -0.1) is 0 Å². The van der Waals surface area contributed by atoms with Crippen LogP contribution in [0.3, 0.4) is 0 Å². The number of ether oxygens (including phenoxy) is 1. The number of esters is 1. The van der Waals surface area contributed by atoms with Gasteiger partial charge >= 0.3 is 5.97 Å². The Balaban J connectivity index is 2.08. The van der Waals surface area contributed by atoms with Crippen molar-refractivity contribution in [1.29, 1.82) is 0 Å². The Labute approximate surface area is 116 Å². The van der Waals surface area contributed by atoms with E-state index in [2.05, 4.69) is 15.3 Å². The lowest BCUT2D eigenvalue weighted by atomic mass is 10.2. The highest BCUT2D eigenvalue weighted by Crippen LogP contribution is 2.16. The Kier molecular flexibility index (Phi) is 4.19. The number of aromatic nitrogens is 2. The fourth-order valence-electron chi connectivity index (χ4n) is 1.60. The van der Waals surface area contributed by atoms with Crippen LogP contribution in [0, 0.1) is 6.92 Å². The Hall–Kier alpha value is -2.57. The molecule has 0 bridgehead atoms. The van der Waals surface area contributed by atoms with Crippen LogP contribution in [0.4, 0.5) is 11.5 Å². The maximum absolute atomic E-state index is 11.7.